The maximum absolute atomic E-state index is 12.9. The quantitative estimate of drug-likeness (QED) is 0.893. The molecule has 2 fully saturated rings. The van der Waals surface area contributed by atoms with Gasteiger partial charge < -0.3 is 20.3 Å². The van der Waals surface area contributed by atoms with Gasteiger partial charge in [-0.15, -0.1) is 0 Å². The molecule has 0 radical (unpaired) electrons. The topological polar surface area (TPSA) is 58.8 Å². The predicted molar refractivity (Wildman–Crippen MR) is 90.6 cm³/mol. The van der Waals surface area contributed by atoms with Crippen molar-refractivity contribution in [3.63, 3.8) is 0 Å². The van der Waals surface area contributed by atoms with Gasteiger partial charge in [-0.2, -0.15) is 0 Å². The van der Waals surface area contributed by atoms with Crippen LogP contribution >= 0.6 is 0 Å². The number of nitrogens with zero attached hydrogens (tertiary/aromatic N) is 2. The van der Waals surface area contributed by atoms with Crippen molar-refractivity contribution in [1.82, 2.24) is 9.80 Å². The molecule has 1 aromatic carbocycles. The zero-order chi connectivity index (χ0) is 16.4. The standard InChI is InChI=1S/C18H27N3O2/c1-20(2)9-10-23-17-6-4-3-5-14(17)18(22)21-11-13-7-8-16(19)15(13)12-21/h3-6,13,15-16H,7-12,19H2,1-2H3. The van der Waals surface area contributed by atoms with Crippen molar-refractivity contribution in [2.75, 3.05) is 40.3 Å². The Labute approximate surface area is 138 Å². The van der Waals surface area contributed by atoms with E-state index < -0.39 is 0 Å². The molecule has 1 saturated carbocycles. The first-order valence-electron chi connectivity index (χ1n) is 8.47. The van der Waals surface area contributed by atoms with Crippen molar-refractivity contribution < 1.29 is 9.53 Å². The van der Waals surface area contributed by atoms with E-state index in [-0.39, 0.29) is 11.9 Å². The molecule has 1 amide bonds. The number of carbonyl (C=O) groups is 1. The van der Waals surface area contributed by atoms with E-state index in [1.165, 1.54) is 0 Å². The highest BCUT2D eigenvalue weighted by atomic mass is 16.5. The smallest absolute Gasteiger partial charge is 0.257 e. The van der Waals surface area contributed by atoms with E-state index in [0.29, 0.717) is 29.8 Å². The highest BCUT2D eigenvalue weighted by Crippen LogP contribution is 2.38. The summed E-state index contributed by atoms with van der Waals surface area (Å²) in [6.07, 6.45) is 2.25. The van der Waals surface area contributed by atoms with E-state index in [2.05, 4.69) is 4.90 Å². The zero-order valence-corrected chi connectivity index (χ0v) is 14.1. The third-order valence-corrected chi connectivity index (χ3v) is 5.11. The Morgan fingerprint density at radius 2 is 2.09 bits per heavy atom. The minimum atomic E-state index is 0.0760. The molecule has 2 N–H and O–H groups in total. The molecule has 2 aliphatic rings. The van der Waals surface area contributed by atoms with Gasteiger partial charge in [-0.3, -0.25) is 4.79 Å². The van der Waals surface area contributed by atoms with Gasteiger partial charge in [-0.05, 0) is 50.9 Å². The van der Waals surface area contributed by atoms with Crippen molar-refractivity contribution in [2.24, 2.45) is 17.6 Å². The van der Waals surface area contributed by atoms with Crippen LogP contribution in [0, 0.1) is 11.8 Å². The zero-order valence-electron chi connectivity index (χ0n) is 14.1. The van der Waals surface area contributed by atoms with Crippen LogP contribution in [0.1, 0.15) is 23.2 Å². The Morgan fingerprint density at radius 1 is 1.30 bits per heavy atom. The van der Waals surface area contributed by atoms with E-state index in [1.807, 2.05) is 43.3 Å². The molecule has 1 saturated heterocycles. The highest BCUT2D eigenvalue weighted by molar-refractivity contribution is 5.97. The number of para-hydroxylation sites is 1. The number of likely N-dealkylation sites (tertiary alicyclic amines) is 1. The summed E-state index contributed by atoms with van der Waals surface area (Å²) in [5, 5.41) is 0. The molecule has 3 rings (SSSR count). The molecule has 0 spiro atoms. The molecule has 1 aliphatic heterocycles. The van der Waals surface area contributed by atoms with Gasteiger partial charge in [0.05, 0.1) is 5.56 Å². The summed E-state index contributed by atoms with van der Waals surface area (Å²) in [5.41, 5.74) is 6.84. The molecule has 3 unspecified atom stereocenters. The highest BCUT2D eigenvalue weighted by Gasteiger charge is 2.42. The maximum Gasteiger partial charge on any atom is 0.257 e. The third-order valence-electron chi connectivity index (χ3n) is 5.11. The summed E-state index contributed by atoms with van der Waals surface area (Å²) < 4.78 is 5.83. The molecule has 1 heterocycles. The van der Waals surface area contributed by atoms with Crippen molar-refractivity contribution in [3.05, 3.63) is 29.8 Å². The summed E-state index contributed by atoms with van der Waals surface area (Å²) in [7, 11) is 4.01. The average molecular weight is 317 g/mol. The lowest BCUT2D eigenvalue weighted by Gasteiger charge is -2.20. The monoisotopic (exact) mass is 317 g/mol. The maximum atomic E-state index is 12.9. The summed E-state index contributed by atoms with van der Waals surface area (Å²) in [5.74, 6) is 1.81. The Bertz CT molecular complexity index is 561. The van der Waals surface area contributed by atoms with Gasteiger partial charge in [0.15, 0.2) is 0 Å². The number of hydrogen-bond acceptors (Lipinski definition) is 4. The molecule has 1 aromatic rings. The number of amides is 1. The second kappa shape index (κ2) is 6.89. The number of nitrogens with two attached hydrogens (primary N) is 1. The van der Waals surface area contributed by atoms with E-state index >= 15 is 0 Å². The second-order valence-electron chi connectivity index (χ2n) is 7.02. The SMILES string of the molecule is CN(C)CCOc1ccccc1C(=O)N1CC2CCC(N)C2C1. The van der Waals surface area contributed by atoms with Gasteiger partial charge in [-0.25, -0.2) is 0 Å². The van der Waals surface area contributed by atoms with Gasteiger partial charge in [-0.1, -0.05) is 12.1 Å². The number of carbonyl (C=O) groups excluding carboxylic acids is 1. The Morgan fingerprint density at radius 3 is 2.83 bits per heavy atom. The lowest BCUT2D eigenvalue weighted by molar-refractivity contribution is 0.0775. The molecule has 23 heavy (non-hydrogen) atoms. The fraction of sp³-hybridized carbons (Fsp3) is 0.611. The van der Waals surface area contributed by atoms with Crippen LogP contribution < -0.4 is 10.5 Å². The minimum Gasteiger partial charge on any atom is -0.491 e. The number of fused-ring (bicyclic) bond motifs is 1. The van der Waals surface area contributed by atoms with Crippen molar-refractivity contribution >= 4 is 5.91 Å². The molecule has 0 bridgehead atoms. The van der Waals surface area contributed by atoms with Crippen LogP contribution in [0.5, 0.6) is 5.75 Å². The van der Waals surface area contributed by atoms with Gasteiger partial charge in [0, 0.05) is 25.7 Å². The third kappa shape index (κ3) is 3.51. The fourth-order valence-corrected chi connectivity index (χ4v) is 3.75. The lowest BCUT2D eigenvalue weighted by atomic mass is 9.98. The average Bonchev–Trinajstić information content (AvgIpc) is 3.09. The summed E-state index contributed by atoms with van der Waals surface area (Å²) in [6, 6.07) is 7.81. The van der Waals surface area contributed by atoms with Crippen LogP contribution in [0.15, 0.2) is 24.3 Å². The van der Waals surface area contributed by atoms with Crippen LogP contribution in [-0.2, 0) is 0 Å². The lowest BCUT2D eigenvalue weighted by Crippen LogP contribution is -2.33. The van der Waals surface area contributed by atoms with Gasteiger partial charge >= 0.3 is 0 Å². The van der Waals surface area contributed by atoms with E-state index in [0.717, 1.165) is 32.5 Å². The van der Waals surface area contributed by atoms with Gasteiger partial charge in [0.2, 0.25) is 0 Å². The molecule has 126 valence electrons. The molecule has 5 nitrogen and oxygen atoms in total. The van der Waals surface area contributed by atoms with E-state index in [9.17, 15) is 4.79 Å². The summed E-state index contributed by atoms with van der Waals surface area (Å²) >= 11 is 0. The van der Waals surface area contributed by atoms with Crippen LogP contribution in [0.25, 0.3) is 0 Å². The number of benzene rings is 1. The summed E-state index contributed by atoms with van der Waals surface area (Å²) in [6.45, 7) is 3.03. The first kappa shape index (κ1) is 16.3. The van der Waals surface area contributed by atoms with Crippen molar-refractivity contribution in [1.29, 1.82) is 0 Å². The Kier molecular flexibility index (Phi) is 4.87. The van der Waals surface area contributed by atoms with Crippen molar-refractivity contribution in [3.8, 4) is 5.75 Å². The number of rotatable bonds is 5. The first-order valence-corrected chi connectivity index (χ1v) is 8.47. The molecular formula is C18H27N3O2. The van der Waals surface area contributed by atoms with Gasteiger partial charge in [0.25, 0.3) is 5.91 Å². The predicted octanol–water partition coefficient (Wildman–Crippen LogP) is 1.44. The molecule has 5 heteroatoms. The Balaban J connectivity index is 1.68. The molecule has 3 atom stereocenters. The van der Waals surface area contributed by atoms with Crippen LogP contribution in [0.4, 0.5) is 0 Å². The number of ether oxygens (including phenoxy) is 1. The normalized spacial score (nSPS) is 26.6. The Hall–Kier alpha value is -1.59. The number of likely N-dealkylation sites (N-methyl/N-ethyl adjacent to an activating group) is 1. The van der Waals surface area contributed by atoms with Gasteiger partial charge in [0.1, 0.15) is 12.4 Å². The molecule has 0 aromatic heterocycles. The van der Waals surface area contributed by atoms with E-state index in [4.69, 9.17) is 10.5 Å². The van der Waals surface area contributed by atoms with Crippen molar-refractivity contribution in [2.45, 2.75) is 18.9 Å². The van der Waals surface area contributed by atoms with Crippen LogP contribution in [-0.4, -0.2) is 62.1 Å². The largest absolute Gasteiger partial charge is 0.491 e. The van der Waals surface area contributed by atoms with Crippen LogP contribution in [0.3, 0.4) is 0 Å². The summed E-state index contributed by atoms with van der Waals surface area (Å²) in [4.78, 5) is 16.9. The molecule has 1 aliphatic carbocycles. The first-order chi connectivity index (χ1) is 11.1. The number of hydrogen-bond donors (Lipinski definition) is 1. The second-order valence-corrected chi connectivity index (χ2v) is 7.02. The van der Waals surface area contributed by atoms with Crippen LogP contribution in [0.2, 0.25) is 0 Å². The van der Waals surface area contributed by atoms with E-state index in [1.54, 1.807) is 0 Å². The fourth-order valence-electron chi connectivity index (χ4n) is 3.75. The molecular weight excluding hydrogens is 290 g/mol. The minimum absolute atomic E-state index is 0.0760.